The number of hydrogen-bond acceptors (Lipinski definition) is 4. The molecule has 1 aromatic heterocycles. The third kappa shape index (κ3) is 3.43. The van der Waals surface area contributed by atoms with Gasteiger partial charge in [-0.05, 0) is 22.6 Å². The second kappa shape index (κ2) is 6.52. The van der Waals surface area contributed by atoms with E-state index in [9.17, 15) is 14.7 Å². The van der Waals surface area contributed by atoms with Gasteiger partial charge in [-0.1, -0.05) is 30.3 Å². The van der Waals surface area contributed by atoms with Crippen LogP contribution >= 0.6 is 11.3 Å². The molecule has 120 valence electrons. The Morgan fingerprint density at radius 2 is 2.04 bits per heavy atom. The van der Waals surface area contributed by atoms with Crippen LogP contribution in [-0.2, 0) is 16.1 Å². The summed E-state index contributed by atoms with van der Waals surface area (Å²) in [5, 5.41) is 11.5. The van der Waals surface area contributed by atoms with Crippen LogP contribution in [0, 0.1) is 0 Å². The maximum Gasteiger partial charge on any atom is 0.322 e. The maximum absolute atomic E-state index is 11.9. The van der Waals surface area contributed by atoms with E-state index >= 15 is 0 Å². The Hall–Kier alpha value is -2.18. The molecule has 1 unspecified atom stereocenters. The molecular weight excluding hydrogens is 312 g/mol. The molecule has 0 aliphatic carbocycles. The number of nitrogens with zero attached hydrogens (tertiary/aromatic N) is 2. The van der Waals surface area contributed by atoms with Gasteiger partial charge in [0.15, 0.2) is 0 Å². The van der Waals surface area contributed by atoms with Crippen molar-refractivity contribution >= 4 is 23.2 Å². The lowest BCUT2D eigenvalue weighted by atomic mass is 10.1. The first kappa shape index (κ1) is 15.7. The summed E-state index contributed by atoms with van der Waals surface area (Å²) in [7, 11) is 1.65. The van der Waals surface area contributed by atoms with E-state index in [1.165, 1.54) is 4.90 Å². The monoisotopic (exact) mass is 330 g/mol. The van der Waals surface area contributed by atoms with Crippen molar-refractivity contribution in [1.29, 1.82) is 0 Å². The fraction of sp³-hybridized carbons (Fsp3) is 0.294. The van der Waals surface area contributed by atoms with E-state index in [1.807, 2.05) is 30.3 Å². The highest BCUT2D eigenvalue weighted by Crippen LogP contribution is 2.27. The van der Waals surface area contributed by atoms with Crippen molar-refractivity contribution in [3.05, 3.63) is 46.7 Å². The van der Waals surface area contributed by atoms with Crippen molar-refractivity contribution in [3.63, 3.8) is 0 Å². The Morgan fingerprint density at radius 1 is 1.30 bits per heavy atom. The van der Waals surface area contributed by atoms with Gasteiger partial charge in [0.05, 0.1) is 6.54 Å². The van der Waals surface area contributed by atoms with Gasteiger partial charge >= 0.3 is 5.97 Å². The summed E-state index contributed by atoms with van der Waals surface area (Å²) in [6, 6.07) is 11.5. The summed E-state index contributed by atoms with van der Waals surface area (Å²) in [5.74, 6) is -0.925. The predicted molar refractivity (Wildman–Crippen MR) is 89.2 cm³/mol. The van der Waals surface area contributed by atoms with Crippen LogP contribution in [0.4, 0.5) is 0 Å². The van der Waals surface area contributed by atoms with Gasteiger partial charge in [0, 0.05) is 25.0 Å². The van der Waals surface area contributed by atoms with Crippen molar-refractivity contribution in [2.45, 2.75) is 12.6 Å². The molecule has 1 saturated heterocycles. The molecule has 0 saturated carbocycles. The van der Waals surface area contributed by atoms with Crippen molar-refractivity contribution in [2.24, 2.45) is 0 Å². The number of carbonyl (C=O) groups excluding carboxylic acids is 1. The molecule has 2 aromatic rings. The zero-order valence-electron chi connectivity index (χ0n) is 12.8. The van der Waals surface area contributed by atoms with Gasteiger partial charge in [0.1, 0.15) is 6.04 Å². The minimum atomic E-state index is -0.885. The highest BCUT2D eigenvalue weighted by atomic mass is 32.1. The first-order valence-corrected chi connectivity index (χ1v) is 8.26. The van der Waals surface area contributed by atoms with Gasteiger partial charge in [0.2, 0.25) is 5.91 Å². The highest BCUT2D eigenvalue weighted by molar-refractivity contribution is 7.10. The van der Waals surface area contributed by atoms with Gasteiger partial charge in [-0.15, -0.1) is 11.3 Å². The number of carboxylic acid groups (broad SMARTS) is 1. The van der Waals surface area contributed by atoms with Crippen LogP contribution in [0.15, 0.2) is 41.8 Å². The van der Waals surface area contributed by atoms with Crippen LogP contribution in [0.3, 0.4) is 0 Å². The molecule has 6 heteroatoms. The van der Waals surface area contributed by atoms with Crippen LogP contribution in [0.2, 0.25) is 0 Å². The Labute approximate surface area is 138 Å². The van der Waals surface area contributed by atoms with Crippen LogP contribution in [-0.4, -0.2) is 53.0 Å². The molecule has 23 heavy (non-hydrogen) atoms. The number of benzene rings is 1. The highest BCUT2D eigenvalue weighted by Gasteiger charge is 2.34. The Morgan fingerprint density at radius 3 is 2.74 bits per heavy atom. The number of piperazine rings is 1. The third-order valence-electron chi connectivity index (χ3n) is 4.06. The standard InChI is InChI=1S/C17H18N2O3S/c1-18-9-15(17(21)22)19(10-16(18)20)8-14-7-13(11-23-14)12-5-3-2-4-6-12/h2-7,11,15H,8-10H2,1H3,(H,21,22). The SMILES string of the molecule is CN1CC(C(=O)O)N(Cc2cc(-c3ccccc3)cs2)CC1=O. The Balaban J connectivity index is 1.77. The van der Waals surface area contributed by atoms with Crippen LogP contribution in [0.25, 0.3) is 11.1 Å². The number of carbonyl (C=O) groups is 2. The average molecular weight is 330 g/mol. The molecule has 3 rings (SSSR count). The second-order valence-corrected chi connectivity index (χ2v) is 6.70. The van der Waals surface area contributed by atoms with E-state index < -0.39 is 12.0 Å². The lowest BCUT2D eigenvalue weighted by Crippen LogP contribution is -2.57. The van der Waals surface area contributed by atoms with Crippen LogP contribution in [0.5, 0.6) is 0 Å². The normalized spacial score (nSPS) is 19.1. The van der Waals surface area contributed by atoms with Crippen molar-refractivity contribution in [3.8, 4) is 11.1 Å². The number of thiophene rings is 1. The van der Waals surface area contributed by atoms with Crippen LogP contribution in [0.1, 0.15) is 4.88 Å². The number of aliphatic carboxylic acids is 1. The molecule has 1 fully saturated rings. The minimum absolute atomic E-state index is 0.0395. The molecule has 1 aliphatic heterocycles. The molecule has 0 bridgehead atoms. The molecule has 1 aromatic carbocycles. The Kier molecular flexibility index (Phi) is 4.45. The molecule has 1 aliphatic rings. The molecular formula is C17H18N2O3S. The average Bonchev–Trinajstić information content (AvgIpc) is 3.00. The largest absolute Gasteiger partial charge is 0.480 e. The van der Waals surface area contributed by atoms with Gasteiger partial charge < -0.3 is 10.0 Å². The molecule has 2 heterocycles. The smallest absolute Gasteiger partial charge is 0.322 e. The van der Waals surface area contributed by atoms with E-state index in [1.54, 1.807) is 23.3 Å². The Bertz CT molecular complexity index is 714. The topological polar surface area (TPSA) is 60.9 Å². The summed E-state index contributed by atoms with van der Waals surface area (Å²) in [6.45, 7) is 0.852. The second-order valence-electron chi connectivity index (χ2n) is 5.70. The van der Waals surface area contributed by atoms with Gasteiger partial charge in [0.25, 0.3) is 0 Å². The number of rotatable bonds is 4. The summed E-state index contributed by atoms with van der Waals surface area (Å²) in [4.78, 5) is 27.6. The zero-order valence-corrected chi connectivity index (χ0v) is 13.6. The van der Waals surface area contributed by atoms with E-state index in [2.05, 4.69) is 11.4 Å². The first-order chi connectivity index (χ1) is 11.0. The van der Waals surface area contributed by atoms with Crippen LogP contribution < -0.4 is 0 Å². The first-order valence-electron chi connectivity index (χ1n) is 7.38. The van der Waals surface area contributed by atoms with Crippen molar-refractivity contribution < 1.29 is 14.7 Å². The predicted octanol–water partition coefficient (Wildman–Crippen LogP) is 2.14. The van der Waals surface area contributed by atoms with Gasteiger partial charge in [-0.3, -0.25) is 14.5 Å². The fourth-order valence-corrected chi connectivity index (χ4v) is 3.65. The molecule has 0 radical (unpaired) electrons. The number of carboxylic acids is 1. The van der Waals surface area contributed by atoms with E-state index in [-0.39, 0.29) is 19.0 Å². The van der Waals surface area contributed by atoms with Crippen molar-refractivity contribution in [2.75, 3.05) is 20.1 Å². The number of amides is 1. The molecule has 1 amide bonds. The minimum Gasteiger partial charge on any atom is -0.480 e. The quantitative estimate of drug-likeness (QED) is 0.933. The summed E-state index contributed by atoms with van der Waals surface area (Å²) >= 11 is 1.59. The number of hydrogen-bond donors (Lipinski definition) is 1. The lowest BCUT2D eigenvalue weighted by Gasteiger charge is -2.36. The van der Waals surface area contributed by atoms with E-state index in [0.29, 0.717) is 6.54 Å². The molecule has 1 N–H and O–H groups in total. The summed E-state index contributed by atoms with van der Waals surface area (Å²) < 4.78 is 0. The fourth-order valence-electron chi connectivity index (χ4n) is 2.73. The van der Waals surface area contributed by atoms with Gasteiger partial charge in [-0.25, -0.2) is 0 Å². The number of likely N-dealkylation sites (N-methyl/N-ethyl adjacent to an activating group) is 1. The van der Waals surface area contributed by atoms with Gasteiger partial charge in [-0.2, -0.15) is 0 Å². The maximum atomic E-state index is 11.9. The molecule has 1 atom stereocenters. The van der Waals surface area contributed by atoms with E-state index in [4.69, 9.17) is 0 Å². The van der Waals surface area contributed by atoms with Crippen molar-refractivity contribution in [1.82, 2.24) is 9.80 Å². The summed E-state index contributed by atoms with van der Waals surface area (Å²) in [5.41, 5.74) is 2.26. The summed E-state index contributed by atoms with van der Waals surface area (Å²) in [6.07, 6.45) is 0. The zero-order chi connectivity index (χ0) is 16.4. The third-order valence-corrected chi connectivity index (χ3v) is 4.98. The van der Waals surface area contributed by atoms with E-state index in [0.717, 1.165) is 16.0 Å². The lowest BCUT2D eigenvalue weighted by molar-refractivity contribution is -0.151. The molecule has 0 spiro atoms. The molecule has 5 nitrogen and oxygen atoms in total.